The van der Waals surface area contributed by atoms with E-state index in [2.05, 4.69) is 4.98 Å². The van der Waals surface area contributed by atoms with Crippen LogP contribution < -0.4 is 15.2 Å². The van der Waals surface area contributed by atoms with Crippen LogP contribution in [0.25, 0.3) is 0 Å². The average Bonchev–Trinajstić information content (AvgIpc) is 2.47. The van der Waals surface area contributed by atoms with Crippen molar-refractivity contribution < 1.29 is 24.2 Å². The van der Waals surface area contributed by atoms with Gasteiger partial charge in [-0.05, 0) is 18.2 Å². The number of methoxy groups -OCH3 is 1. The maximum atomic E-state index is 11.2. The molecule has 7 heteroatoms. The van der Waals surface area contributed by atoms with Crippen LogP contribution in [0.1, 0.15) is 20.7 Å². The van der Waals surface area contributed by atoms with E-state index in [0.29, 0.717) is 5.75 Å². The van der Waals surface area contributed by atoms with Gasteiger partial charge in [0.15, 0.2) is 0 Å². The molecule has 3 N–H and O–H groups in total. The molecule has 0 fully saturated rings. The zero-order chi connectivity index (χ0) is 15.4. The van der Waals surface area contributed by atoms with E-state index in [1.807, 2.05) is 0 Å². The van der Waals surface area contributed by atoms with Crippen molar-refractivity contribution in [2.24, 2.45) is 5.73 Å². The molecule has 7 nitrogen and oxygen atoms in total. The Balaban J connectivity index is 2.33. The third-order valence-electron chi connectivity index (χ3n) is 2.65. The van der Waals surface area contributed by atoms with Crippen LogP contribution in [0.4, 0.5) is 0 Å². The summed E-state index contributed by atoms with van der Waals surface area (Å²) in [5.74, 6) is -1.08. The van der Waals surface area contributed by atoms with Crippen LogP contribution in [0, 0.1) is 0 Å². The molecule has 0 aliphatic rings. The van der Waals surface area contributed by atoms with Crippen molar-refractivity contribution in [3.8, 4) is 17.4 Å². The van der Waals surface area contributed by atoms with Crippen LogP contribution in [-0.4, -0.2) is 29.1 Å². The number of pyridine rings is 1. The second-order valence-corrected chi connectivity index (χ2v) is 4.02. The van der Waals surface area contributed by atoms with Gasteiger partial charge in [0.25, 0.3) is 0 Å². The summed E-state index contributed by atoms with van der Waals surface area (Å²) in [6, 6.07) is 7.18. The Morgan fingerprint density at radius 3 is 2.52 bits per heavy atom. The molecule has 2 rings (SSSR count). The number of carboxylic acids is 1. The van der Waals surface area contributed by atoms with E-state index in [1.54, 1.807) is 0 Å². The number of aromatic carboxylic acids is 1. The van der Waals surface area contributed by atoms with Crippen LogP contribution in [0.15, 0.2) is 36.5 Å². The van der Waals surface area contributed by atoms with Gasteiger partial charge < -0.3 is 20.3 Å². The van der Waals surface area contributed by atoms with Gasteiger partial charge in [-0.2, -0.15) is 0 Å². The van der Waals surface area contributed by atoms with Gasteiger partial charge in [-0.25, -0.2) is 9.78 Å². The normalized spacial score (nSPS) is 9.95. The number of nitrogens with two attached hydrogens (primary N) is 1. The first-order chi connectivity index (χ1) is 10.0. The maximum absolute atomic E-state index is 11.2. The summed E-state index contributed by atoms with van der Waals surface area (Å²) < 4.78 is 10.4. The highest BCUT2D eigenvalue weighted by Crippen LogP contribution is 2.28. The SMILES string of the molecule is COc1ccc(C(=O)O)c(Oc2ccc(C(N)=O)cn2)c1. The molecule has 0 spiro atoms. The van der Waals surface area contributed by atoms with Gasteiger partial charge >= 0.3 is 5.97 Å². The van der Waals surface area contributed by atoms with Crippen LogP contribution in [0.3, 0.4) is 0 Å². The van der Waals surface area contributed by atoms with Crippen LogP contribution in [-0.2, 0) is 0 Å². The van der Waals surface area contributed by atoms with E-state index in [4.69, 9.17) is 20.3 Å². The highest BCUT2D eigenvalue weighted by molar-refractivity contribution is 5.92. The second-order valence-electron chi connectivity index (χ2n) is 4.02. The van der Waals surface area contributed by atoms with Crippen molar-refractivity contribution in [3.63, 3.8) is 0 Å². The molecule has 0 atom stereocenters. The Bertz CT molecular complexity index is 682. The number of amides is 1. The minimum Gasteiger partial charge on any atom is -0.497 e. The lowest BCUT2D eigenvalue weighted by molar-refractivity contribution is 0.0694. The van der Waals surface area contributed by atoms with E-state index >= 15 is 0 Å². The smallest absolute Gasteiger partial charge is 0.339 e. The molecule has 108 valence electrons. The Kier molecular flexibility index (Phi) is 4.03. The first-order valence-electron chi connectivity index (χ1n) is 5.86. The van der Waals surface area contributed by atoms with Gasteiger partial charge in [-0.3, -0.25) is 4.79 Å². The molecule has 21 heavy (non-hydrogen) atoms. The summed E-state index contributed by atoms with van der Waals surface area (Å²) in [5, 5.41) is 9.12. The van der Waals surface area contributed by atoms with Gasteiger partial charge in [-0.15, -0.1) is 0 Å². The van der Waals surface area contributed by atoms with E-state index in [9.17, 15) is 9.59 Å². The highest BCUT2D eigenvalue weighted by atomic mass is 16.5. The van der Waals surface area contributed by atoms with E-state index in [1.165, 1.54) is 43.6 Å². The number of primary amides is 1. The number of hydrogen-bond donors (Lipinski definition) is 2. The van der Waals surface area contributed by atoms with E-state index in [0.717, 1.165) is 0 Å². The number of carbonyl (C=O) groups excluding carboxylic acids is 1. The Morgan fingerprint density at radius 2 is 2.00 bits per heavy atom. The Morgan fingerprint density at radius 1 is 1.24 bits per heavy atom. The molecule has 1 heterocycles. The highest BCUT2D eigenvalue weighted by Gasteiger charge is 2.14. The number of aromatic nitrogens is 1. The molecular formula is C14H12N2O5. The topological polar surface area (TPSA) is 112 Å². The largest absolute Gasteiger partial charge is 0.497 e. The number of rotatable bonds is 5. The summed E-state index contributed by atoms with van der Waals surface area (Å²) >= 11 is 0. The first-order valence-corrected chi connectivity index (χ1v) is 5.86. The lowest BCUT2D eigenvalue weighted by Crippen LogP contribution is -2.11. The third-order valence-corrected chi connectivity index (χ3v) is 2.65. The van der Waals surface area contributed by atoms with Crippen LogP contribution >= 0.6 is 0 Å². The monoisotopic (exact) mass is 288 g/mol. The van der Waals surface area contributed by atoms with E-state index < -0.39 is 11.9 Å². The summed E-state index contributed by atoms with van der Waals surface area (Å²) in [5.41, 5.74) is 5.30. The standard InChI is InChI=1S/C14H12N2O5/c1-20-9-3-4-10(14(18)19)11(6-9)21-12-5-2-8(7-16-12)13(15)17/h2-7H,1H3,(H2,15,17)(H,18,19). The molecule has 0 radical (unpaired) electrons. The molecular weight excluding hydrogens is 276 g/mol. The van der Waals surface area contributed by atoms with Crippen molar-refractivity contribution in [1.29, 1.82) is 0 Å². The van der Waals surface area contributed by atoms with Gasteiger partial charge in [0, 0.05) is 18.3 Å². The lowest BCUT2D eigenvalue weighted by atomic mass is 10.2. The van der Waals surface area contributed by atoms with Crippen molar-refractivity contribution >= 4 is 11.9 Å². The molecule has 1 amide bonds. The third kappa shape index (κ3) is 3.27. The molecule has 0 saturated carbocycles. The van der Waals surface area contributed by atoms with Crippen molar-refractivity contribution in [2.75, 3.05) is 7.11 Å². The molecule has 0 saturated heterocycles. The van der Waals surface area contributed by atoms with Crippen molar-refractivity contribution in [2.45, 2.75) is 0 Å². The number of benzene rings is 1. The number of nitrogens with zero attached hydrogens (tertiary/aromatic N) is 1. The Hall–Kier alpha value is -3.09. The molecule has 0 aliphatic heterocycles. The molecule has 2 aromatic rings. The summed E-state index contributed by atoms with van der Waals surface area (Å²) in [7, 11) is 1.46. The maximum Gasteiger partial charge on any atom is 0.339 e. The fraction of sp³-hybridized carbons (Fsp3) is 0.0714. The average molecular weight is 288 g/mol. The molecule has 0 bridgehead atoms. The minimum absolute atomic E-state index is 0.0309. The van der Waals surface area contributed by atoms with Crippen LogP contribution in [0.2, 0.25) is 0 Å². The Labute approximate surface area is 119 Å². The van der Waals surface area contributed by atoms with E-state index in [-0.39, 0.29) is 22.8 Å². The predicted molar refractivity (Wildman–Crippen MR) is 72.8 cm³/mol. The lowest BCUT2D eigenvalue weighted by Gasteiger charge is -2.09. The predicted octanol–water partition coefficient (Wildman–Crippen LogP) is 1.68. The van der Waals surface area contributed by atoms with Gasteiger partial charge in [0.1, 0.15) is 17.1 Å². The molecule has 0 unspecified atom stereocenters. The van der Waals surface area contributed by atoms with Crippen molar-refractivity contribution in [3.05, 3.63) is 47.7 Å². The number of hydrogen-bond acceptors (Lipinski definition) is 5. The fourth-order valence-electron chi connectivity index (χ4n) is 1.59. The fourth-order valence-corrected chi connectivity index (χ4v) is 1.59. The number of ether oxygens (including phenoxy) is 2. The van der Waals surface area contributed by atoms with Gasteiger partial charge in [-0.1, -0.05) is 0 Å². The number of carboxylic acid groups (broad SMARTS) is 1. The zero-order valence-corrected chi connectivity index (χ0v) is 11.1. The molecule has 1 aromatic carbocycles. The number of carbonyl (C=O) groups is 2. The molecule has 1 aromatic heterocycles. The van der Waals surface area contributed by atoms with Gasteiger partial charge in [0.05, 0.1) is 12.7 Å². The summed E-state index contributed by atoms with van der Waals surface area (Å²) in [4.78, 5) is 26.0. The van der Waals surface area contributed by atoms with Crippen LogP contribution in [0.5, 0.6) is 17.4 Å². The summed E-state index contributed by atoms with van der Waals surface area (Å²) in [6.07, 6.45) is 1.25. The summed E-state index contributed by atoms with van der Waals surface area (Å²) in [6.45, 7) is 0. The second kappa shape index (κ2) is 5.91. The zero-order valence-electron chi connectivity index (χ0n) is 11.1. The van der Waals surface area contributed by atoms with Gasteiger partial charge in [0.2, 0.25) is 11.8 Å². The molecule has 0 aliphatic carbocycles. The van der Waals surface area contributed by atoms with Crippen molar-refractivity contribution in [1.82, 2.24) is 4.98 Å². The quantitative estimate of drug-likeness (QED) is 0.865. The minimum atomic E-state index is -1.14. The first kappa shape index (κ1) is 14.3.